The first-order chi connectivity index (χ1) is 9.41. The Morgan fingerprint density at radius 1 is 1.25 bits per heavy atom. The molecule has 110 valence electrons. The average Bonchev–Trinajstić information content (AvgIpc) is 2.70. The van der Waals surface area contributed by atoms with Gasteiger partial charge in [0.25, 0.3) is 5.56 Å². The van der Waals surface area contributed by atoms with Gasteiger partial charge in [-0.2, -0.15) is 0 Å². The zero-order valence-corrected chi connectivity index (χ0v) is 12.1. The van der Waals surface area contributed by atoms with Crippen molar-refractivity contribution in [3.05, 3.63) is 26.7 Å². The lowest BCUT2D eigenvalue weighted by atomic mass is 10.1. The number of aryl methyl sites for hydroxylation is 3. The van der Waals surface area contributed by atoms with Gasteiger partial charge in [0, 0.05) is 26.6 Å². The predicted molar refractivity (Wildman–Crippen MR) is 77.8 cm³/mol. The monoisotopic (exact) mass is 279 g/mol. The Balaban J connectivity index is 2.30. The van der Waals surface area contributed by atoms with Crippen molar-refractivity contribution in [1.82, 2.24) is 19.1 Å². The standard InChI is InChI=1S/C13H21N5O2/c1-8(14)6-4-5-7-9-15-11-10(17(9)2)12(19)16-13(20)18(11)3/h8H,4-7,14H2,1-3H3,(H,16,19,20). The van der Waals surface area contributed by atoms with Crippen LogP contribution in [0.4, 0.5) is 0 Å². The van der Waals surface area contributed by atoms with Crippen molar-refractivity contribution in [2.45, 2.75) is 38.6 Å². The van der Waals surface area contributed by atoms with Crippen LogP contribution in [0.5, 0.6) is 0 Å². The first-order valence-corrected chi connectivity index (χ1v) is 6.82. The molecule has 2 heterocycles. The van der Waals surface area contributed by atoms with Crippen molar-refractivity contribution in [3.63, 3.8) is 0 Å². The highest BCUT2D eigenvalue weighted by atomic mass is 16.2. The molecule has 2 aromatic rings. The van der Waals surface area contributed by atoms with Crippen molar-refractivity contribution in [2.24, 2.45) is 19.8 Å². The third-order valence-corrected chi connectivity index (χ3v) is 3.54. The number of aromatic amines is 1. The van der Waals surface area contributed by atoms with E-state index < -0.39 is 5.69 Å². The number of hydrogen-bond acceptors (Lipinski definition) is 4. The van der Waals surface area contributed by atoms with Gasteiger partial charge in [-0.1, -0.05) is 6.42 Å². The van der Waals surface area contributed by atoms with E-state index in [0.29, 0.717) is 11.2 Å². The summed E-state index contributed by atoms with van der Waals surface area (Å²) in [7, 11) is 3.41. The summed E-state index contributed by atoms with van der Waals surface area (Å²) in [6.07, 6.45) is 3.73. The maximum atomic E-state index is 11.9. The molecule has 1 unspecified atom stereocenters. The minimum atomic E-state index is -0.441. The summed E-state index contributed by atoms with van der Waals surface area (Å²) < 4.78 is 3.13. The zero-order chi connectivity index (χ0) is 14.9. The predicted octanol–water partition coefficient (Wildman–Crippen LogP) is 0.0203. The molecule has 0 radical (unpaired) electrons. The molecule has 7 heteroatoms. The molecule has 0 aliphatic rings. The second kappa shape index (κ2) is 5.62. The average molecular weight is 279 g/mol. The molecule has 0 aliphatic heterocycles. The number of nitrogens with one attached hydrogen (secondary N) is 1. The smallest absolute Gasteiger partial charge is 0.328 e. The Labute approximate surface area is 116 Å². The molecule has 0 aliphatic carbocycles. The van der Waals surface area contributed by atoms with Gasteiger partial charge in [0.1, 0.15) is 5.82 Å². The first-order valence-electron chi connectivity index (χ1n) is 6.82. The fourth-order valence-electron chi connectivity index (χ4n) is 2.33. The minimum Gasteiger partial charge on any atom is -0.328 e. The van der Waals surface area contributed by atoms with Crippen molar-refractivity contribution >= 4 is 11.2 Å². The van der Waals surface area contributed by atoms with E-state index in [4.69, 9.17) is 5.73 Å². The lowest BCUT2D eigenvalue weighted by Gasteiger charge is -2.04. The maximum absolute atomic E-state index is 11.9. The zero-order valence-electron chi connectivity index (χ0n) is 12.1. The fraction of sp³-hybridized carbons (Fsp3) is 0.615. The second-order valence-corrected chi connectivity index (χ2v) is 5.30. The summed E-state index contributed by atoms with van der Waals surface area (Å²) in [5, 5.41) is 0. The van der Waals surface area contributed by atoms with E-state index in [2.05, 4.69) is 9.97 Å². The van der Waals surface area contributed by atoms with Gasteiger partial charge in [0.15, 0.2) is 11.2 Å². The van der Waals surface area contributed by atoms with E-state index in [-0.39, 0.29) is 11.6 Å². The van der Waals surface area contributed by atoms with Gasteiger partial charge in [-0.05, 0) is 19.8 Å². The van der Waals surface area contributed by atoms with E-state index >= 15 is 0 Å². The number of rotatable bonds is 5. The Morgan fingerprint density at radius 2 is 1.95 bits per heavy atom. The van der Waals surface area contributed by atoms with E-state index in [1.54, 1.807) is 18.7 Å². The number of unbranched alkanes of at least 4 members (excludes halogenated alkanes) is 1. The lowest BCUT2D eigenvalue weighted by molar-refractivity contribution is 0.586. The molecule has 0 amide bonds. The van der Waals surface area contributed by atoms with Crippen LogP contribution in [0, 0.1) is 0 Å². The summed E-state index contributed by atoms with van der Waals surface area (Å²) in [5.41, 5.74) is 5.76. The Morgan fingerprint density at radius 3 is 2.60 bits per heavy atom. The highest BCUT2D eigenvalue weighted by Crippen LogP contribution is 2.11. The molecule has 0 aromatic carbocycles. The summed E-state index contributed by atoms with van der Waals surface area (Å²) >= 11 is 0. The number of nitrogens with two attached hydrogens (primary N) is 1. The summed E-state index contributed by atoms with van der Waals surface area (Å²) in [4.78, 5) is 30.1. The Kier molecular flexibility index (Phi) is 4.08. The molecule has 1 atom stereocenters. The van der Waals surface area contributed by atoms with Gasteiger partial charge in [0.2, 0.25) is 0 Å². The third-order valence-electron chi connectivity index (χ3n) is 3.54. The third kappa shape index (κ3) is 2.67. The molecule has 0 saturated carbocycles. The van der Waals surface area contributed by atoms with Crippen molar-refractivity contribution in [3.8, 4) is 0 Å². The highest BCUT2D eigenvalue weighted by Gasteiger charge is 2.14. The summed E-state index contributed by atoms with van der Waals surface area (Å²) in [6.45, 7) is 1.99. The molecular weight excluding hydrogens is 258 g/mol. The quantitative estimate of drug-likeness (QED) is 0.754. The van der Waals surface area contributed by atoms with E-state index in [1.807, 2.05) is 6.92 Å². The van der Waals surface area contributed by atoms with Crippen molar-refractivity contribution < 1.29 is 0 Å². The number of fused-ring (bicyclic) bond motifs is 1. The number of nitrogens with zero attached hydrogens (tertiary/aromatic N) is 3. The Hall–Kier alpha value is -1.89. The molecule has 0 saturated heterocycles. The number of aromatic nitrogens is 4. The van der Waals surface area contributed by atoms with Crippen LogP contribution in [0.25, 0.3) is 11.2 Å². The molecule has 2 rings (SSSR count). The van der Waals surface area contributed by atoms with E-state index in [9.17, 15) is 9.59 Å². The van der Waals surface area contributed by atoms with Gasteiger partial charge in [-0.25, -0.2) is 9.78 Å². The van der Waals surface area contributed by atoms with Crippen LogP contribution in [0.15, 0.2) is 9.59 Å². The number of hydrogen-bond donors (Lipinski definition) is 2. The first kappa shape index (κ1) is 14.5. The van der Waals surface area contributed by atoms with Crippen molar-refractivity contribution in [1.29, 1.82) is 0 Å². The van der Waals surface area contributed by atoms with Gasteiger partial charge < -0.3 is 10.3 Å². The van der Waals surface area contributed by atoms with Gasteiger partial charge in [0.05, 0.1) is 0 Å². The lowest BCUT2D eigenvalue weighted by Crippen LogP contribution is -2.29. The maximum Gasteiger partial charge on any atom is 0.329 e. The minimum absolute atomic E-state index is 0.208. The van der Waals surface area contributed by atoms with E-state index in [0.717, 1.165) is 31.5 Å². The van der Waals surface area contributed by atoms with Crippen LogP contribution in [0.3, 0.4) is 0 Å². The van der Waals surface area contributed by atoms with Crippen LogP contribution in [-0.2, 0) is 20.5 Å². The van der Waals surface area contributed by atoms with Crippen LogP contribution in [0.2, 0.25) is 0 Å². The second-order valence-electron chi connectivity index (χ2n) is 5.30. The molecule has 7 nitrogen and oxygen atoms in total. The van der Waals surface area contributed by atoms with Crippen LogP contribution >= 0.6 is 0 Å². The van der Waals surface area contributed by atoms with E-state index in [1.165, 1.54) is 4.57 Å². The highest BCUT2D eigenvalue weighted by molar-refractivity contribution is 5.70. The molecule has 0 spiro atoms. The SMILES string of the molecule is CC(N)CCCCc1nc2c(c(=O)[nH]c(=O)n2C)n1C. The Bertz CT molecular complexity index is 723. The van der Waals surface area contributed by atoms with Gasteiger partial charge >= 0.3 is 5.69 Å². The van der Waals surface area contributed by atoms with Gasteiger partial charge in [-0.3, -0.25) is 14.3 Å². The van der Waals surface area contributed by atoms with Crippen LogP contribution in [0.1, 0.15) is 32.0 Å². The normalized spacial score (nSPS) is 13.0. The molecule has 20 heavy (non-hydrogen) atoms. The molecule has 0 bridgehead atoms. The largest absolute Gasteiger partial charge is 0.329 e. The molecule has 0 fully saturated rings. The summed E-state index contributed by atoms with van der Waals surface area (Å²) in [5.74, 6) is 0.816. The van der Waals surface area contributed by atoms with Crippen LogP contribution in [-0.4, -0.2) is 25.1 Å². The molecule has 3 N–H and O–H groups in total. The van der Waals surface area contributed by atoms with Gasteiger partial charge in [-0.15, -0.1) is 0 Å². The molecule has 2 aromatic heterocycles. The summed E-state index contributed by atoms with van der Waals surface area (Å²) in [6, 6.07) is 0.208. The fourth-order valence-corrected chi connectivity index (χ4v) is 2.33. The topological polar surface area (TPSA) is 98.7 Å². The number of H-pyrrole nitrogens is 1. The van der Waals surface area contributed by atoms with Crippen molar-refractivity contribution in [2.75, 3.05) is 0 Å². The number of imidazole rings is 1. The molecular formula is C13H21N5O2. The van der Waals surface area contributed by atoms with Crippen LogP contribution < -0.4 is 17.0 Å².